The van der Waals surface area contributed by atoms with Crippen molar-refractivity contribution in [3.8, 4) is 0 Å². The second-order valence-electron chi connectivity index (χ2n) is 5.14. The molecule has 1 aromatic rings. The number of hydrogen-bond acceptors (Lipinski definition) is 1. The number of hydrogen-bond donors (Lipinski definition) is 1. The largest absolute Gasteiger partial charge is 0.310 e. The van der Waals surface area contributed by atoms with Crippen LogP contribution in [0.2, 0.25) is 0 Å². The van der Waals surface area contributed by atoms with Gasteiger partial charge in [-0.1, -0.05) is 35.7 Å². The summed E-state index contributed by atoms with van der Waals surface area (Å²) in [6, 6.07) is 7.19. The van der Waals surface area contributed by atoms with Crippen molar-refractivity contribution in [2.45, 2.75) is 45.1 Å². The third-order valence-corrected chi connectivity index (χ3v) is 5.25. The molecule has 18 heavy (non-hydrogen) atoms. The first-order chi connectivity index (χ1) is 8.72. The highest BCUT2D eigenvalue weighted by atomic mass is 127. The van der Waals surface area contributed by atoms with Crippen LogP contribution in [-0.4, -0.2) is 6.54 Å². The van der Waals surface area contributed by atoms with Gasteiger partial charge in [-0.2, -0.15) is 0 Å². The smallest absolute Gasteiger partial charge is 0.0359 e. The molecule has 1 fully saturated rings. The molecular formula is C15H21BrIN. The van der Waals surface area contributed by atoms with Gasteiger partial charge in [-0.05, 0) is 78.1 Å². The molecule has 0 heterocycles. The van der Waals surface area contributed by atoms with Crippen LogP contribution in [0.25, 0.3) is 0 Å². The van der Waals surface area contributed by atoms with Crippen molar-refractivity contribution in [2.24, 2.45) is 5.92 Å². The average Bonchev–Trinajstić information content (AvgIpc) is 2.88. The minimum absolute atomic E-state index is 0.539. The van der Waals surface area contributed by atoms with Crippen molar-refractivity contribution in [1.29, 1.82) is 0 Å². The van der Waals surface area contributed by atoms with Gasteiger partial charge in [0.2, 0.25) is 0 Å². The van der Waals surface area contributed by atoms with Crippen molar-refractivity contribution in [3.05, 3.63) is 31.8 Å². The minimum Gasteiger partial charge on any atom is -0.310 e. The maximum atomic E-state index is 3.77. The summed E-state index contributed by atoms with van der Waals surface area (Å²) in [6.07, 6.45) is 6.76. The lowest BCUT2D eigenvalue weighted by Gasteiger charge is -2.26. The molecule has 0 bridgehead atoms. The first-order valence-corrected chi connectivity index (χ1v) is 8.78. The molecule has 1 aliphatic carbocycles. The van der Waals surface area contributed by atoms with Gasteiger partial charge >= 0.3 is 0 Å². The predicted molar refractivity (Wildman–Crippen MR) is 89.9 cm³/mol. The highest BCUT2D eigenvalue weighted by molar-refractivity contribution is 14.1. The number of halogens is 2. The molecule has 1 atom stereocenters. The summed E-state index contributed by atoms with van der Waals surface area (Å²) in [7, 11) is 0. The van der Waals surface area contributed by atoms with Gasteiger partial charge in [-0.3, -0.25) is 0 Å². The molecule has 1 saturated carbocycles. The van der Waals surface area contributed by atoms with E-state index in [1.54, 1.807) is 0 Å². The lowest BCUT2D eigenvalue weighted by molar-refractivity contribution is 0.367. The monoisotopic (exact) mass is 421 g/mol. The van der Waals surface area contributed by atoms with Crippen LogP contribution >= 0.6 is 38.5 Å². The summed E-state index contributed by atoms with van der Waals surface area (Å²) in [5, 5.41) is 3.77. The zero-order valence-electron chi connectivity index (χ0n) is 10.9. The quantitative estimate of drug-likeness (QED) is 0.637. The fraction of sp³-hybridized carbons (Fsp3) is 0.600. The Hall–Kier alpha value is 0.390. The van der Waals surface area contributed by atoms with E-state index in [1.165, 1.54) is 45.7 Å². The molecule has 0 radical (unpaired) electrons. The maximum Gasteiger partial charge on any atom is 0.0359 e. The second kappa shape index (κ2) is 7.25. The highest BCUT2D eigenvalue weighted by Crippen LogP contribution is 2.38. The zero-order chi connectivity index (χ0) is 13.0. The third kappa shape index (κ3) is 3.70. The number of benzene rings is 1. The molecule has 0 aromatic heterocycles. The summed E-state index contributed by atoms with van der Waals surface area (Å²) in [5.74, 6) is 0.819. The normalized spacial score (nSPS) is 18.2. The molecule has 100 valence electrons. The van der Waals surface area contributed by atoms with Gasteiger partial charge in [-0.25, -0.2) is 0 Å². The molecule has 1 nitrogen and oxygen atoms in total. The molecule has 1 aromatic carbocycles. The van der Waals surface area contributed by atoms with Gasteiger partial charge in [0.25, 0.3) is 0 Å². The summed E-state index contributed by atoms with van der Waals surface area (Å²) in [5.41, 5.74) is 1.48. The number of rotatable bonds is 5. The Balaban J connectivity index is 2.23. The van der Waals surface area contributed by atoms with E-state index in [9.17, 15) is 0 Å². The van der Waals surface area contributed by atoms with E-state index in [0.29, 0.717) is 6.04 Å². The Morgan fingerprint density at radius 3 is 2.78 bits per heavy atom. The van der Waals surface area contributed by atoms with Crippen LogP contribution in [0.3, 0.4) is 0 Å². The molecule has 1 aliphatic rings. The van der Waals surface area contributed by atoms with Gasteiger partial charge in [0, 0.05) is 14.1 Å². The Bertz CT molecular complexity index is 388. The van der Waals surface area contributed by atoms with Crippen LogP contribution in [0.15, 0.2) is 22.7 Å². The molecule has 3 heteroatoms. The Morgan fingerprint density at radius 1 is 1.39 bits per heavy atom. The maximum absolute atomic E-state index is 3.77. The molecule has 0 amide bonds. The van der Waals surface area contributed by atoms with E-state index in [0.717, 1.165) is 12.5 Å². The summed E-state index contributed by atoms with van der Waals surface area (Å²) in [6.45, 7) is 3.36. The van der Waals surface area contributed by atoms with Crippen molar-refractivity contribution >= 4 is 38.5 Å². The first-order valence-electron chi connectivity index (χ1n) is 6.90. The lowest BCUT2D eigenvalue weighted by Crippen LogP contribution is -2.28. The predicted octanol–water partition coefficient (Wildman–Crippen LogP) is 5.28. The Kier molecular flexibility index (Phi) is 5.96. The standard InChI is InChI=1S/C15H21BrIN/c1-2-9-18-15(11-5-3-4-6-11)13-10-12(16)7-8-14(13)17/h7-8,10-11,15,18H,2-6,9H2,1H3. The molecule has 2 rings (SSSR count). The molecule has 0 aliphatic heterocycles. The van der Waals surface area contributed by atoms with Gasteiger partial charge < -0.3 is 5.32 Å². The van der Waals surface area contributed by atoms with Crippen LogP contribution in [0.4, 0.5) is 0 Å². The fourth-order valence-corrected chi connectivity index (χ4v) is 3.92. The van der Waals surface area contributed by atoms with Crippen molar-refractivity contribution in [2.75, 3.05) is 6.54 Å². The van der Waals surface area contributed by atoms with E-state index in [2.05, 4.69) is 69.0 Å². The molecule has 1 N–H and O–H groups in total. The zero-order valence-corrected chi connectivity index (χ0v) is 14.6. The SMILES string of the molecule is CCCNC(c1cc(Br)ccc1I)C1CCCC1. The number of nitrogens with one attached hydrogen (secondary N) is 1. The van der Waals surface area contributed by atoms with Crippen LogP contribution in [0.5, 0.6) is 0 Å². The van der Waals surface area contributed by atoms with Gasteiger partial charge in [0.1, 0.15) is 0 Å². The van der Waals surface area contributed by atoms with Gasteiger partial charge in [0.05, 0.1) is 0 Å². The van der Waals surface area contributed by atoms with E-state index in [4.69, 9.17) is 0 Å². The Labute approximate surface area is 132 Å². The third-order valence-electron chi connectivity index (χ3n) is 3.78. The lowest BCUT2D eigenvalue weighted by atomic mass is 9.91. The average molecular weight is 422 g/mol. The van der Waals surface area contributed by atoms with E-state index in [1.807, 2.05) is 0 Å². The van der Waals surface area contributed by atoms with Crippen LogP contribution in [0.1, 0.15) is 50.6 Å². The molecule has 0 saturated heterocycles. The highest BCUT2D eigenvalue weighted by Gasteiger charge is 2.27. The van der Waals surface area contributed by atoms with Gasteiger partial charge in [-0.15, -0.1) is 0 Å². The summed E-state index contributed by atoms with van der Waals surface area (Å²) < 4.78 is 2.58. The molecule has 1 unspecified atom stereocenters. The van der Waals surface area contributed by atoms with Crippen LogP contribution in [0, 0.1) is 9.49 Å². The minimum atomic E-state index is 0.539. The second-order valence-corrected chi connectivity index (χ2v) is 7.22. The Morgan fingerprint density at radius 2 is 2.11 bits per heavy atom. The summed E-state index contributed by atoms with van der Waals surface area (Å²) >= 11 is 6.08. The van der Waals surface area contributed by atoms with Crippen molar-refractivity contribution in [3.63, 3.8) is 0 Å². The first kappa shape index (κ1) is 14.8. The summed E-state index contributed by atoms with van der Waals surface area (Å²) in [4.78, 5) is 0. The molecular weight excluding hydrogens is 401 g/mol. The van der Waals surface area contributed by atoms with E-state index in [-0.39, 0.29) is 0 Å². The van der Waals surface area contributed by atoms with Crippen LogP contribution in [-0.2, 0) is 0 Å². The van der Waals surface area contributed by atoms with E-state index < -0.39 is 0 Å². The topological polar surface area (TPSA) is 12.0 Å². The van der Waals surface area contributed by atoms with Crippen molar-refractivity contribution < 1.29 is 0 Å². The fourth-order valence-electron chi connectivity index (χ4n) is 2.87. The van der Waals surface area contributed by atoms with Crippen molar-refractivity contribution in [1.82, 2.24) is 5.32 Å². The molecule has 0 spiro atoms. The van der Waals surface area contributed by atoms with Crippen LogP contribution < -0.4 is 5.32 Å². The van der Waals surface area contributed by atoms with Gasteiger partial charge in [0.15, 0.2) is 0 Å². The van der Waals surface area contributed by atoms with E-state index >= 15 is 0 Å².